The third-order valence-corrected chi connectivity index (χ3v) is 2.09. The highest BCUT2D eigenvalue weighted by Gasteiger charge is 2.34. The lowest BCUT2D eigenvalue weighted by Crippen LogP contribution is -2.41. The number of rotatable bonds is 4. The number of aryl methyl sites for hydroxylation is 1. The van der Waals surface area contributed by atoms with Crippen molar-refractivity contribution in [2.75, 3.05) is 25.4 Å². The molecule has 1 heterocycles. The van der Waals surface area contributed by atoms with Crippen LogP contribution in [0.15, 0.2) is 6.20 Å². The molecular formula is C9H13F3N4O2. The third kappa shape index (κ3) is 3.62. The second-order valence-corrected chi connectivity index (χ2v) is 3.67. The van der Waals surface area contributed by atoms with Gasteiger partial charge in [0.25, 0.3) is 5.91 Å². The van der Waals surface area contributed by atoms with E-state index in [0.29, 0.717) is 4.90 Å². The molecule has 0 fully saturated rings. The first kappa shape index (κ1) is 14.3. The van der Waals surface area contributed by atoms with E-state index in [1.165, 1.54) is 17.9 Å². The van der Waals surface area contributed by atoms with Crippen molar-refractivity contribution in [1.82, 2.24) is 14.7 Å². The normalized spacial score (nSPS) is 11.6. The minimum atomic E-state index is -4.55. The number of alkyl halides is 3. The monoisotopic (exact) mass is 266 g/mol. The first-order chi connectivity index (χ1) is 8.24. The maximum Gasteiger partial charge on any atom is 0.406 e. The molecule has 0 aliphatic carbocycles. The number of hydrogen-bond donors (Lipinski definition) is 2. The summed E-state index contributed by atoms with van der Waals surface area (Å²) >= 11 is 0. The number of aliphatic hydroxyl groups is 1. The fraction of sp³-hybridized carbons (Fsp3) is 0.556. The fourth-order valence-electron chi connectivity index (χ4n) is 1.41. The Morgan fingerprint density at radius 3 is 2.61 bits per heavy atom. The molecule has 0 aromatic carbocycles. The number of hydrogen-bond acceptors (Lipinski definition) is 4. The van der Waals surface area contributed by atoms with E-state index in [-0.39, 0.29) is 11.4 Å². The quantitative estimate of drug-likeness (QED) is 0.803. The van der Waals surface area contributed by atoms with Crippen LogP contribution in [0.4, 0.5) is 18.9 Å². The summed E-state index contributed by atoms with van der Waals surface area (Å²) in [6.45, 7) is -2.47. The molecule has 1 rings (SSSR count). The Morgan fingerprint density at radius 2 is 2.22 bits per heavy atom. The first-order valence-corrected chi connectivity index (χ1v) is 5.00. The van der Waals surface area contributed by atoms with Gasteiger partial charge in [0.15, 0.2) is 5.69 Å². The number of amides is 1. The second-order valence-electron chi connectivity index (χ2n) is 3.67. The zero-order valence-corrected chi connectivity index (χ0v) is 9.61. The van der Waals surface area contributed by atoms with Gasteiger partial charge in [0.1, 0.15) is 6.54 Å². The Bertz CT molecular complexity index is 430. The van der Waals surface area contributed by atoms with Gasteiger partial charge in [-0.25, -0.2) is 0 Å². The van der Waals surface area contributed by atoms with Crippen molar-refractivity contribution in [3.05, 3.63) is 11.9 Å². The lowest BCUT2D eigenvalue weighted by molar-refractivity contribution is -0.141. The van der Waals surface area contributed by atoms with Crippen molar-refractivity contribution in [3.63, 3.8) is 0 Å². The fourth-order valence-corrected chi connectivity index (χ4v) is 1.41. The molecule has 0 aliphatic heterocycles. The van der Waals surface area contributed by atoms with Crippen molar-refractivity contribution >= 4 is 11.6 Å². The van der Waals surface area contributed by atoms with Crippen LogP contribution in [0.25, 0.3) is 0 Å². The smallest absolute Gasteiger partial charge is 0.396 e. The number of aromatic nitrogens is 2. The Hall–Kier alpha value is -1.77. The molecule has 0 spiro atoms. The van der Waals surface area contributed by atoms with Crippen LogP contribution in [0.1, 0.15) is 10.5 Å². The first-order valence-electron chi connectivity index (χ1n) is 5.00. The zero-order valence-electron chi connectivity index (χ0n) is 9.61. The predicted octanol–water partition coefficient (Wildman–Crippen LogP) is -0.000900. The summed E-state index contributed by atoms with van der Waals surface area (Å²) in [6.07, 6.45) is -3.23. The summed E-state index contributed by atoms with van der Waals surface area (Å²) in [4.78, 5) is 12.3. The van der Waals surface area contributed by atoms with Crippen LogP contribution in [0, 0.1) is 0 Å². The maximum atomic E-state index is 12.3. The summed E-state index contributed by atoms with van der Waals surface area (Å²) in [5, 5.41) is 12.4. The molecule has 0 unspecified atom stereocenters. The second kappa shape index (κ2) is 5.25. The molecule has 1 aromatic heterocycles. The van der Waals surface area contributed by atoms with Crippen LogP contribution in [-0.4, -0.2) is 51.6 Å². The van der Waals surface area contributed by atoms with Gasteiger partial charge >= 0.3 is 6.18 Å². The van der Waals surface area contributed by atoms with Crippen LogP contribution < -0.4 is 5.73 Å². The maximum absolute atomic E-state index is 12.3. The molecule has 9 heteroatoms. The average molecular weight is 266 g/mol. The van der Waals surface area contributed by atoms with Crippen molar-refractivity contribution in [3.8, 4) is 0 Å². The summed E-state index contributed by atoms with van der Waals surface area (Å²) in [5.41, 5.74) is 5.20. The van der Waals surface area contributed by atoms with Crippen molar-refractivity contribution < 1.29 is 23.1 Å². The molecular weight excluding hydrogens is 253 g/mol. The number of carbonyl (C=O) groups excluding carboxylic acids is 1. The van der Waals surface area contributed by atoms with Gasteiger partial charge in [0.05, 0.1) is 12.3 Å². The van der Waals surface area contributed by atoms with Gasteiger partial charge < -0.3 is 15.7 Å². The molecule has 0 bridgehead atoms. The summed E-state index contributed by atoms with van der Waals surface area (Å²) in [6, 6.07) is 0. The van der Waals surface area contributed by atoms with Gasteiger partial charge in [-0.05, 0) is 0 Å². The number of anilines is 1. The number of nitrogens with zero attached hydrogens (tertiary/aromatic N) is 3. The summed E-state index contributed by atoms with van der Waals surface area (Å²) < 4.78 is 38.1. The van der Waals surface area contributed by atoms with E-state index in [2.05, 4.69) is 5.10 Å². The van der Waals surface area contributed by atoms with E-state index in [4.69, 9.17) is 10.8 Å². The highest BCUT2D eigenvalue weighted by Crippen LogP contribution is 2.19. The van der Waals surface area contributed by atoms with Gasteiger partial charge in [-0.1, -0.05) is 0 Å². The van der Waals surface area contributed by atoms with Crippen molar-refractivity contribution in [2.45, 2.75) is 6.18 Å². The molecule has 0 saturated heterocycles. The minimum absolute atomic E-state index is 0.00684. The predicted molar refractivity (Wildman–Crippen MR) is 56.7 cm³/mol. The van der Waals surface area contributed by atoms with E-state index in [9.17, 15) is 18.0 Å². The zero-order chi connectivity index (χ0) is 13.9. The highest BCUT2D eigenvalue weighted by molar-refractivity contribution is 5.97. The highest BCUT2D eigenvalue weighted by atomic mass is 19.4. The molecule has 0 radical (unpaired) electrons. The molecule has 0 saturated carbocycles. The van der Waals surface area contributed by atoms with Crippen LogP contribution in [-0.2, 0) is 7.05 Å². The van der Waals surface area contributed by atoms with Crippen molar-refractivity contribution in [2.24, 2.45) is 7.05 Å². The van der Waals surface area contributed by atoms with E-state index >= 15 is 0 Å². The van der Waals surface area contributed by atoms with Crippen molar-refractivity contribution in [1.29, 1.82) is 0 Å². The standard InChI is InChI=1S/C9H13F3N4O2/c1-15-4-6(13)7(14-15)8(18)16(2-3-17)5-9(10,11)12/h4,17H,2-3,5,13H2,1H3. The Balaban J connectivity index is 2.92. The molecule has 3 N–H and O–H groups in total. The van der Waals surface area contributed by atoms with Gasteiger partial charge in [0.2, 0.25) is 0 Å². The molecule has 1 aromatic rings. The molecule has 6 nitrogen and oxygen atoms in total. The van der Waals surface area contributed by atoms with Gasteiger partial charge in [-0.15, -0.1) is 0 Å². The molecule has 18 heavy (non-hydrogen) atoms. The molecule has 0 atom stereocenters. The lowest BCUT2D eigenvalue weighted by atomic mass is 10.3. The van der Waals surface area contributed by atoms with E-state index in [1.54, 1.807) is 0 Å². The van der Waals surface area contributed by atoms with Gasteiger partial charge in [-0.2, -0.15) is 18.3 Å². The number of nitrogens with two attached hydrogens (primary N) is 1. The van der Waals surface area contributed by atoms with Gasteiger partial charge in [0, 0.05) is 19.8 Å². The minimum Gasteiger partial charge on any atom is -0.396 e. The Kier molecular flexibility index (Phi) is 4.17. The Morgan fingerprint density at radius 1 is 1.61 bits per heavy atom. The topological polar surface area (TPSA) is 84.4 Å². The van der Waals surface area contributed by atoms with Crippen LogP contribution in [0.5, 0.6) is 0 Å². The number of carbonyl (C=O) groups is 1. The van der Waals surface area contributed by atoms with E-state index in [1.807, 2.05) is 0 Å². The molecule has 0 aliphatic rings. The number of nitrogen functional groups attached to an aromatic ring is 1. The number of aliphatic hydroxyl groups excluding tert-OH is 1. The third-order valence-electron chi connectivity index (χ3n) is 2.09. The average Bonchev–Trinajstić information content (AvgIpc) is 2.54. The Labute approximate surface area is 101 Å². The lowest BCUT2D eigenvalue weighted by Gasteiger charge is -2.22. The van der Waals surface area contributed by atoms with E-state index < -0.39 is 31.8 Å². The van der Waals surface area contributed by atoms with Crippen LogP contribution >= 0.6 is 0 Å². The SMILES string of the molecule is Cn1cc(N)c(C(=O)N(CCO)CC(F)(F)F)n1. The molecule has 1 amide bonds. The van der Waals surface area contributed by atoms with Crippen LogP contribution in [0.2, 0.25) is 0 Å². The van der Waals surface area contributed by atoms with E-state index in [0.717, 1.165) is 0 Å². The molecule has 102 valence electrons. The summed E-state index contributed by atoms with van der Waals surface area (Å²) in [5.74, 6) is -0.959. The van der Waals surface area contributed by atoms with Gasteiger partial charge in [-0.3, -0.25) is 9.48 Å². The van der Waals surface area contributed by atoms with Crippen LogP contribution in [0.3, 0.4) is 0 Å². The largest absolute Gasteiger partial charge is 0.406 e. The summed E-state index contributed by atoms with van der Waals surface area (Å²) in [7, 11) is 1.49. The number of halogens is 3.